The Morgan fingerprint density at radius 3 is 2.58 bits per heavy atom. The highest BCUT2D eigenvalue weighted by Crippen LogP contribution is 2.36. The highest BCUT2D eigenvalue weighted by Gasteiger charge is 2.33. The fourth-order valence-electron chi connectivity index (χ4n) is 3.79. The lowest BCUT2D eigenvalue weighted by atomic mass is 9.95. The van der Waals surface area contributed by atoms with Gasteiger partial charge in [-0.15, -0.1) is 0 Å². The molecule has 0 unspecified atom stereocenters. The predicted octanol–water partition coefficient (Wildman–Crippen LogP) is 2.72. The van der Waals surface area contributed by atoms with Gasteiger partial charge in [-0.3, -0.25) is 9.36 Å². The van der Waals surface area contributed by atoms with Crippen LogP contribution in [0.5, 0.6) is 11.5 Å². The molecule has 0 saturated carbocycles. The lowest BCUT2D eigenvalue weighted by molar-refractivity contribution is -0.139. The van der Waals surface area contributed by atoms with Crippen molar-refractivity contribution in [2.45, 2.75) is 26.8 Å². The molecular weight excluding hydrogens is 444 g/mol. The molecule has 1 atom stereocenters. The molecule has 9 heteroatoms. The topological polar surface area (TPSA) is 92.3 Å². The average Bonchev–Trinajstić information content (AvgIpc) is 3.34. The number of ether oxygens (including phenoxy) is 3. The number of fused-ring (bicyclic) bond motifs is 1. The molecular formula is C24H24N2O6S. The lowest BCUT2D eigenvalue weighted by Crippen LogP contribution is -2.39. The van der Waals surface area contributed by atoms with Gasteiger partial charge in [-0.05, 0) is 50.6 Å². The van der Waals surface area contributed by atoms with Gasteiger partial charge in [-0.2, -0.15) is 0 Å². The number of allylic oxidation sites excluding steroid dienone is 1. The molecule has 0 amide bonds. The van der Waals surface area contributed by atoms with E-state index in [1.54, 1.807) is 51.3 Å². The number of aromatic nitrogens is 1. The summed E-state index contributed by atoms with van der Waals surface area (Å²) in [7, 11) is 3.08. The molecule has 172 valence electrons. The highest BCUT2D eigenvalue weighted by atomic mass is 32.1. The number of carbonyl (C=O) groups is 1. The molecule has 0 bridgehead atoms. The Morgan fingerprint density at radius 2 is 1.94 bits per heavy atom. The number of benzene rings is 1. The molecule has 0 fully saturated rings. The van der Waals surface area contributed by atoms with E-state index in [0.29, 0.717) is 43.4 Å². The van der Waals surface area contributed by atoms with E-state index in [1.165, 1.54) is 23.0 Å². The first kappa shape index (κ1) is 22.6. The maximum absolute atomic E-state index is 13.5. The van der Waals surface area contributed by atoms with Gasteiger partial charge < -0.3 is 18.6 Å². The molecule has 3 aromatic rings. The summed E-state index contributed by atoms with van der Waals surface area (Å²) in [5, 5.41) is 0. The number of carbonyl (C=O) groups excluding carboxylic acids is 1. The molecule has 1 aromatic carbocycles. The Morgan fingerprint density at radius 1 is 1.18 bits per heavy atom. The van der Waals surface area contributed by atoms with Crippen LogP contribution in [0.2, 0.25) is 0 Å². The van der Waals surface area contributed by atoms with Crippen molar-refractivity contribution in [1.82, 2.24) is 4.57 Å². The van der Waals surface area contributed by atoms with E-state index in [-0.39, 0.29) is 12.2 Å². The minimum absolute atomic E-state index is 0.205. The van der Waals surface area contributed by atoms with Crippen LogP contribution in [-0.2, 0) is 9.53 Å². The standard InChI is InChI=1S/C24H24N2O6S/c1-6-31-23(28)20-14(3)25-24-26(21(20)15-8-10-17(29-4)18(11-15)30-5)22(27)19(33-24)12-16-9-7-13(2)32-16/h7-12,21H,6H2,1-5H3/b19-12-/t21-/m0/s1. The van der Waals surface area contributed by atoms with Crippen molar-refractivity contribution < 1.29 is 23.4 Å². The third-order valence-electron chi connectivity index (χ3n) is 5.27. The van der Waals surface area contributed by atoms with Gasteiger partial charge in [0.2, 0.25) is 0 Å². The second kappa shape index (κ2) is 9.11. The van der Waals surface area contributed by atoms with Crippen molar-refractivity contribution >= 4 is 23.4 Å². The second-order valence-corrected chi connectivity index (χ2v) is 8.37. The maximum Gasteiger partial charge on any atom is 0.338 e. The van der Waals surface area contributed by atoms with Crippen LogP contribution < -0.4 is 24.4 Å². The number of rotatable bonds is 6. The van der Waals surface area contributed by atoms with Crippen molar-refractivity contribution in [2.24, 2.45) is 4.99 Å². The van der Waals surface area contributed by atoms with Crippen LogP contribution in [0.15, 0.2) is 55.8 Å². The largest absolute Gasteiger partial charge is 0.493 e. The molecule has 1 aliphatic rings. The molecule has 0 aliphatic carbocycles. The predicted molar refractivity (Wildman–Crippen MR) is 123 cm³/mol. The SMILES string of the molecule is CCOC(=O)C1=C(C)N=c2s/c(=C\c3ccc(C)o3)c(=O)n2[C@H]1c1ccc(OC)c(OC)c1. The molecule has 4 rings (SSSR count). The Balaban J connectivity index is 1.97. The van der Waals surface area contributed by atoms with Crippen LogP contribution in [0.25, 0.3) is 6.08 Å². The molecule has 0 radical (unpaired) electrons. The summed E-state index contributed by atoms with van der Waals surface area (Å²) < 4.78 is 23.7. The van der Waals surface area contributed by atoms with Crippen molar-refractivity contribution in [3.63, 3.8) is 0 Å². The molecule has 1 aliphatic heterocycles. The second-order valence-electron chi connectivity index (χ2n) is 7.37. The van der Waals surface area contributed by atoms with Gasteiger partial charge in [0.15, 0.2) is 16.3 Å². The van der Waals surface area contributed by atoms with Gasteiger partial charge in [0.05, 0.1) is 42.7 Å². The van der Waals surface area contributed by atoms with Crippen LogP contribution in [0.3, 0.4) is 0 Å². The first-order chi connectivity index (χ1) is 15.9. The van der Waals surface area contributed by atoms with E-state index in [1.807, 2.05) is 13.0 Å². The first-order valence-electron chi connectivity index (χ1n) is 10.4. The third kappa shape index (κ3) is 4.11. The average molecular weight is 469 g/mol. The van der Waals surface area contributed by atoms with E-state index in [0.717, 1.165) is 5.76 Å². The van der Waals surface area contributed by atoms with E-state index in [4.69, 9.17) is 18.6 Å². The van der Waals surface area contributed by atoms with Crippen LogP contribution in [0, 0.1) is 6.92 Å². The maximum atomic E-state index is 13.5. The van der Waals surface area contributed by atoms with Crippen molar-refractivity contribution in [1.29, 1.82) is 0 Å². The summed E-state index contributed by atoms with van der Waals surface area (Å²) in [5.74, 6) is 1.83. The van der Waals surface area contributed by atoms with E-state index in [9.17, 15) is 9.59 Å². The van der Waals surface area contributed by atoms with Gasteiger partial charge in [-0.25, -0.2) is 9.79 Å². The number of furan rings is 1. The van der Waals surface area contributed by atoms with Gasteiger partial charge in [0, 0.05) is 6.08 Å². The van der Waals surface area contributed by atoms with Gasteiger partial charge in [0.1, 0.15) is 11.5 Å². The lowest BCUT2D eigenvalue weighted by Gasteiger charge is -2.25. The summed E-state index contributed by atoms with van der Waals surface area (Å²) >= 11 is 1.24. The zero-order valence-corrected chi connectivity index (χ0v) is 19.8. The van der Waals surface area contributed by atoms with Gasteiger partial charge >= 0.3 is 5.97 Å². The van der Waals surface area contributed by atoms with E-state index in [2.05, 4.69) is 4.99 Å². The summed E-state index contributed by atoms with van der Waals surface area (Å²) in [4.78, 5) is 31.5. The number of esters is 1. The minimum Gasteiger partial charge on any atom is -0.493 e. The quantitative estimate of drug-likeness (QED) is 0.517. The normalized spacial score (nSPS) is 15.8. The fourth-order valence-corrected chi connectivity index (χ4v) is 4.82. The van der Waals surface area contributed by atoms with Crippen LogP contribution in [0.1, 0.15) is 37.0 Å². The zero-order chi connectivity index (χ0) is 23.7. The van der Waals surface area contributed by atoms with Gasteiger partial charge in [-0.1, -0.05) is 17.4 Å². The molecule has 3 heterocycles. The first-order valence-corrected chi connectivity index (χ1v) is 11.2. The van der Waals surface area contributed by atoms with E-state index < -0.39 is 12.0 Å². The Kier molecular flexibility index (Phi) is 6.24. The minimum atomic E-state index is -0.736. The fraction of sp³-hybridized carbons (Fsp3) is 0.292. The number of hydrogen-bond acceptors (Lipinski definition) is 8. The van der Waals surface area contributed by atoms with Crippen LogP contribution in [-0.4, -0.2) is 31.4 Å². The number of methoxy groups -OCH3 is 2. The van der Waals surface area contributed by atoms with Gasteiger partial charge in [0.25, 0.3) is 5.56 Å². The third-order valence-corrected chi connectivity index (χ3v) is 6.26. The molecule has 0 saturated heterocycles. The molecule has 0 N–H and O–H groups in total. The molecule has 8 nitrogen and oxygen atoms in total. The van der Waals surface area contributed by atoms with Crippen molar-refractivity contribution in [2.75, 3.05) is 20.8 Å². The zero-order valence-electron chi connectivity index (χ0n) is 19.0. The number of nitrogens with zero attached hydrogens (tertiary/aromatic N) is 2. The van der Waals surface area contributed by atoms with Crippen molar-refractivity contribution in [3.8, 4) is 11.5 Å². The van der Waals surface area contributed by atoms with Crippen LogP contribution >= 0.6 is 11.3 Å². The highest BCUT2D eigenvalue weighted by molar-refractivity contribution is 7.07. The number of aryl methyl sites for hydroxylation is 1. The Labute approximate surface area is 194 Å². The molecule has 33 heavy (non-hydrogen) atoms. The Bertz CT molecular complexity index is 1430. The summed E-state index contributed by atoms with van der Waals surface area (Å²) in [5.41, 5.74) is 1.19. The summed E-state index contributed by atoms with van der Waals surface area (Å²) in [6.07, 6.45) is 1.69. The summed E-state index contributed by atoms with van der Waals surface area (Å²) in [6, 6.07) is 8.20. The number of thiazole rings is 1. The molecule has 2 aromatic heterocycles. The van der Waals surface area contributed by atoms with Crippen molar-refractivity contribution in [3.05, 3.63) is 78.4 Å². The van der Waals surface area contributed by atoms with Crippen LogP contribution in [0.4, 0.5) is 0 Å². The van der Waals surface area contributed by atoms with E-state index >= 15 is 0 Å². The summed E-state index contributed by atoms with van der Waals surface area (Å²) in [6.45, 7) is 5.52. The Hall–Kier alpha value is -3.59. The number of hydrogen-bond donors (Lipinski definition) is 0. The smallest absolute Gasteiger partial charge is 0.338 e. The monoisotopic (exact) mass is 468 g/mol. The molecule has 0 spiro atoms.